The first kappa shape index (κ1) is 15.7. The highest BCUT2D eigenvalue weighted by molar-refractivity contribution is 5.85. The summed E-state index contributed by atoms with van der Waals surface area (Å²) >= 11 is 0. The van der Waals surface area contributed by atoms with Gasteiger partial charge in [-0.3, -0.25) is 14.9 Å². The molecule has 0 heterocycles. The maximum Gasteiger partial charge on any atom is 0.405 e. The van der Waals surface area contributed by atoms with Gasteiger partial charge in [0.15, 0.2) is 0 Å². The molecule has 5 nitrogen and oxygen atoms in total. The molecule has 2 amide bonds. The second-order valence-corrected chi connectivity index (χ2v) is 4.73. The highest BCUT2D eigenvalue weighted by Gasteiger charge is 2.30. The van der Waals surface area contributed by atoms with Crippen molar-refractivity contribution in [2.24, 2.45) is 0 Å². The van der Waals surface area contributed by atoms with Gasteiger partial charge in [-0.1, -0.05) is 0 Å². The highest BCUT2D eigenvalue weighted by Crippen LogP contribution is 2.18. The Kier molecular flexibility index (Phi) is 5.16. The second-order valence-electron chi connectivity index (χ2n) is 4.73. The fourth-order valence-corrected chi connectivity index (χ4v) is 1.42. The van der Waals surface area contributed by atoms with Crippen LogP contribution in [0.4, 0.5) is 13.2 Å². The Hall–Kier alpha value is -1.31. The van der Waals surface area contributed by atoms with Crippen LogP contribution in [-0.4, -0.2) is 42.7 Å². The number of rotatable bonds is 6. The fraction of sp³-hybridized carbons (Fsp3) is 0.818. The van der Waals surface area contributed by atoms with Crippen molar-refractivity contribution in [1.82, 2.24) is 16.0 Å². The number of alkyl halides is 3. The second kappa shape index (κ2) is 6.23. The first-order valence-electron chi connectivity index (χ1n) is 6.10. The molecule has 110 valence electrons. The van der Waals surface area contributed by atoms with Crippen molar-refractivity contribution in [2.75, 3.05) is 6.54 Å². The molecule has 19 heavy (non-hydrogen) atoms. The molecule has 2 atom stereocenters. The van der Waals surface area contributed by atoms with Crippen molar-refractivity contribution in [3.63, 3.8) is 0 Å². The van der Waals surface area contributed by atoms with Crippen molar-refractivity contribution in [2.45, 2.75) is 51.0 Å². The number of carbonyl (C=O) groups is 2. The van der Waals surface area contributed by atoms with E-state index in [9.17, 15) is 22.8 Å². The molecule has 0 saturated heterocycles. The molecule has 0 aromatic rings. The van der Waals surface area contributed by atoms with Gasteiger partial charge in [-0.05, 0) is 26.7 Å². The minimum absolute atomic E-state index is 0.200. The summed E-state index contributed by atoms with van der Waals surface area (Å²) in [6, 6.07) is -1.30. The summed E-state index contributed by atoms with van der Waals surface area (Å²) in [5.41, 5.74) is 0. The first-order chi connectivity index (χ1) is 8.69. The molecule has 1 aliphatic carbocycles. The van der Waals surface area contributed by atoms with E-state index in [0.29, 0.717) is 0 Å². The summed E-state index contributed by atoms with van der Waals surface area (Å²) in [6.45, 7) is 1.60. The van der Waals surface area contributed by atoms with E-state index in [4.69, 9.17) is 0 Å². The maximum atomic E-state index is 11.9. The van der Waals surface area contributed by atoms with Gasteiger partial charge < -0.3 is 10.6 Å². The van der Waals surface area contributed by atoms with E-state index in [1.807, 2.05) is 0 Å². The monoisotopic (exact) mass is 281 g/mol. The van der Waals surface area contributed by atoms with Gasteiger partial charge in [-0.15, -0.1) is 0 Å². The van der Waals surface area contributed by atoms with Gasteiger partial charge in [-0.2, -0.15) is 13.2 Å². The number of amides is 2. The lowest BCUT2D eigenvalue weighted by molar-refractivity contribution is -0.139. The van der Waals surface area contributed by atoms with E-state index in [1.165, 1.54) is 6.92 Å². The molecule has 0 spiro atoms. The summed E-state index contributed by atoms with van der Waals surface area (Å²) < 4.78 is 35.8. The molecule has 1 fully saturated rings. The number of carbonyl (C=O) groups excluding carboxylic acids is 2. The number of halogens is 3. The van der Waals surface area contributed by atoms with Crippen LogP contribution in [0.15, 0.2) is 0 Å². The van der Waals surface area contributed by atoms with E-state index in [1.54, 1.807) is 12.2 Å². The highest BCUT2D eigenvalue weighted by atomic mass is 19.4. The van der Waals surface area contributed by atoms with Crippen molar-refractivity contribution in [3.8, 4) is 0 Å². The van der Waals surface area contributed by atoms with Gasteiger partial charge in [-0.25, -0.2) is 0 Å². The van der Waals surface area contributed by atoms with Crippen LogP contribution < -0.4 is 16.0 Å². The SMILES string of the molecule is CC(NC(C)C(=O)NC1CC1)C(=O)NCC(F)(F)F. The minimum Gasteiger partial charge on any atom is -0.352 e. The van der Waals surface area contributed by atoms with Gasteiger partial charge in [0.2, 0.25) is 11.8 Å². The Labute approximate surface area is 109 Å². The molecule has 1 rings (SSSR count). The largest absolute Gasteiger partial charge is 0.405 e. The van der Waals surface area contributed by atoms with Gasteiger partial charge in [0.05, 0.1) is 12.1 Å². The smallest absolute Gasteiger partial charge is 0.352 e. The Morgan fingerprint density at radius 2 is 1.68 bits per heavy atom. The fourth-order valence-electron chi connectivity index (χ4n) is 1.42. The normalized spacial score (nSPS) is 18.6. The topological polar surface area (TPSA) is 70.2 Å². The van der Waals surface area contributed by atoms with Crippen LogP contribution in [0.25, 0.3) is 0 Å². The summed E-state index contributed by atoms with van der Waals surface area (Å²) in [5, 5.41) is 7.16. The van der Waals surface area contributed by atoms with Gasteiger partial charge >= 0.3 is 6.18 Å². The van der Waals surface area contributed by atoms with Crippen LogP contribution >= 0.6 is 0 Å². The standard InChI is InChI=1S/C11H18F3N3O2/c1-6(9(18)15-5-11(12,13)14)16-7(2)10(19)17-8-3-4-8/h6-8,16H,3-5H2,1-2H3,(H,15,18)(H,17,19). The van der Waals surface area contributed by atoms with Crippen molar-refractivity contribution >= 4 is 11.8 Å². The van der Waals surface area contributed by atoms with Gasteiger partial charge in [0.25, 0.3) is 0 Å². The number of hydrogen-bond donors (Lipinski definition) is 3. The molecule has 2 unspecified atom stereocenters. The molecule has 0 aliphatic heterocycles. The summed E-state index contributed by atoms with van der Waals surface area (Å²) in [6.07, 6.45) is -2.55. The Morgan fingerprint density at radius 1 is 1.16 bits per heavy atom. The Morgan fingerprint density at radius 3 is 2.16 bits per heavy atom. The van der Waals surface area contributed by atoms with E-state index < -0.39 is 30.7 Å². The molecule has 1 aliphatic rings. The predicted molar refractivity (Wildman–Crippen MR) is 62.3 cm³/mol. The first-order valence-corrected chi connectivity index (χ1v) is 6.10. The zero-order valence-corrected chi connectivity index (χ0v) is 10.8. The van der Waals surface area contributed by atoms with Gasteiger partial charge in [0, 0.05) is 6.04 Å². The van der Waals surface area contributed by atoms with Crippen LogP contribution in [0.2, 0.25) is 0 Å². The van der Waals surface area contributed by atoms with E-state index in [0.717, 1.165) is 12.8 Å². The van der Waals surface area contributed by atoms with E-state index in [2.05, 4.69) is 10.6 Å². The van der Waals surface area contributed by atoms with Crippen molar-refractivity contribution in [3.05, 3.63) is 0 Å². The molecule has 8 heteroatoms. The van der Waals surface area contributed by atoms with E-state index in [-0.39, 0.29) is 11.9 Å². The Balaban J connectivity index is 2.29. The van der Waals surface area contributed by atoms with Crippen LogP contribution in [-0.2, 0) is 9.59 Å². The average molecular weight is 281 g/mol. The minimum atomic E-state index is -4.44. The summed E-state index contributed by atoms with van der Waals surface area (Å²) in [5.74, 6) is -1.04. The third-order valence-corrected chi connectivity index (χ3v) is 2.67. The molecule has 0 aromatic carbocycles. The molecule has 0 radical (unpaired) electrons. The van der Waals surface area contributed by atoms with Crippen molar-refractivity contribution in [1.29, 1.82) is 0 Å². The van der Waals surface area contributed by atoms with Crippen LogP contribution in [0.5, 0.6) is 0 Å². The third kappa shape index (κ3) is 6.42. The van der Waals surface area contributed by atoms with E-state index >= 15 is 0 Å². The number of nitrogens with one attached hydrogen (secondary N) is 3. The third-order valence-electron chi connectivity index (χ3n) is 2.67. The lowest BCUT2D eigenvalue weighted by Gasteiger charge is -2.19. The zero-order chi connectivity index (χ0) is 14.6. The lowest BCUT2D eigenvalue weighted by atomic mass is 10.2. The molecule has 1 saturated carbocycles. The molecule has 3 N–H and O–H groups in total. The molecular weight excluding hydrogens is 263 g/mol. The molecule has 0 aromatic heterocycles. The zero-order valence-electron chi connectivity index (χ0n) is 10.8. The maximum absolute atomic E-state index is 11.9. The molecule has 0 bridgehead atoms. The average Bonchev–Trinajstić information content (AvgIpc) is 3.08. The van der Waals surface area contributed by atoms with Crippen LogP contribution in [0.3, 0.4) is 0 Å². The predicted octanol–water partition coefficient (Wildman–Crippen LogP) is 0.310. The van der Waals surface area contributed by atoms with Crippen LogP contribution in [0.1, 0.15) is 26.7 Å². The molecular formula is C11H18F3N3O2. The number of hydrogen-bond acceptors (Lipinski definition) is 3. The quantitative estimate of drug-likeness (QED) is 0.656. The summed E-state index contributed by atoms with van der Waals surface area (Å²) in [4.78, 5) is 23.0. The lowest BCUT2D eigenvalue weighted by Crippen LogP contribution is -2.52. The Bertz CT molecular complexity index is 343. The van der Waals surface area contributed by atoms with Gasteiger partial charge in [0.1, 0.15) is 6.54 Å². The van der Waals surface area contributed by atoms with Crippen molar-refractivity contribution < 1.29 is 22.8 Å². The summed E-state index contributed by atoms with van der Waals surface area (Å²) in [7, 11) is 0. The van der Waals surface area contributed by atoms with Crippen LogP contribution in [0, 0.1) is 0 Å².